The first-order valence-corrected chi connectivity index (χ1v) is 8.52. The molecule has 3 aromatic carbocycles. The number of rotatable bonds is 4. The van der Waals surface area contributed by atoms with E-state index in [-0.39, 0.29) is 16.9 Å². The van der Waals surface area contributed by atoms with E-state index in [4.69, 9.17) is 4.74 Å². The Kier molecular flexibility index (Phi) is 3.73. The van der Waals surface area contributed by atoms with Crippen molar-refractivity contribution in [3.05, 3.63) is 89.0 Å². The zero-order valence-corrected chi connectivity index (χ0v) is 14.7. The van der Waals surface area contributed by atoms with Gasteiger partial charge in [0.25, 0.3) is 6.47 Å². The quantitative estimate of drug-likeness (QED) is 0.507. The number of benzene rings is 3. The summed E-state index contributed by atoms with van der Waals surface area (Å²) < 4.78 is 4.96. The van der Waals surface area contributed by atoms with Crippen molar-refractivity contribution in [2.75, 3.05) is 0 Å². The van der Waals surface area contributed by atoms with Crippen LogP contribution in [0.5, 0.6) is 5.75 Å². The fourth-order valence-electron chi connectivity index (χ4n) is 3.81. The van der Waals surface area contributed by atoms with Crippen LogP contribution in [0.3, 0.4) is 0 Å². The number of hydrogen-bond donors (Lipinski definition) is 0. The Balaban J connectivity index is 1.82. The topological polar surface area (TPSA) is 43.4 Å². The first-order chi connectivity index (χ1) is 12.5. The van der Waals surface area contributed by atoms with Crippen LogP contribution in [0.15, 0.2) is 66.7 Å². The van der Waals surface area contributed by atoms with Crippen molar-refractivity contribution in [2.45, 2.75) is 19.3 Å². The summed E-state index contributed by atoms with van der Waals surface area (Å²) >= 11 is 0. The molecule has 3 aromatic rings. The highest BCUT2D eigenvalue weighted by Crippen LogP contribution is 2.48. The number of carbonyl (C=O) groups excluding carboxylic acids is 2. The molecule has 0 aromatic heterocycles. The Bertz CT molecular complexity index is 1030. The number of ketones is 1. The van der Waals surface area contributed by atoms with E-state index in [0.717, 1.165) is 5.56 Å². The largest absolute Gasteiger partial charge is 0.428 e. The number of hydrogen-bond acceptors (Lipinski definition) is 3. The van der Waals surface area contributed by atoms with Gasteiger partial charge in [0, 0.05) is 11.0 Å². The third-order valence-corrected chi connectivity index (χ3v) is 5.15. The van der Waals surface area contributed by atoms with E-state index < -0.39 is 0 Å². The van der Waals surface area contributed by atoms with Crippen LogP contribution in [0, 0.1) is 0 Å². The number of carbonyl (C=O) groups is 2. The smallest absolute Gasteiger partial charge is 0.298 e. The molecule has 0 radical (unpaired) electrons. The monoisotopic (exact) mass is 342 g/mol. The summed E-state index contributed by atoms with van der Waals surface area (Å²) in [6.07, 6.45) is 0. The second kappa shape index (κ2) is 5.95. The van der Waals surface area contributed by atoms with E-state index in [1.165, 1.54) is 16.7 Å². The van der Waals surface area contributed by atoms with Crippen LogP contribution in [-0.4, -0.2) is 12.3 Å². The fourth-order valence-corrected chi connectivity index (χ4v) is 3.81. The molecule has 0 heterocycles. The lowest BCUT2D eigenvalue weighted by Crippen LogP contribution is -2.16. The average molecular weight is 342 g/mol. The van der Waals surface area contributed by atoms with Gasteiger partial charge in [0.05, 0.1) is 5.56 Å². The lowest BCUT2D eigenvalue weighted by atomic mass is 9.81. The van der Waals surface area contributed by atoms with E-state index in [1.54, 1.807) is 24.3 Å². The van der Waals surface area contributed by atoms with Gasteiger partial charge in [-0.05, 0) is 40.5 Å². The molecule has 0 N–H and O–H groups in total. The van der Waals surface area contributed by atoms with Crippen LogP contribution in [0.2, 0.25) is 0 Å². The molecule has 128 valence electrons. The molecule has 0 aliphatic heterocycles. The van der Waals surface area contributed by atoms with E-state index in [1.807, 2.05) is 30.3 Å². The van der Waals surface area contributed by atoms with Crippen LogP contribution in [-0.2, 0) is 10.2 Å². The van der Waals surface area contributed by atoms with Crippen molar-refractivity contribution in [2.24, 2.45) is 0 Å². The first-order valence-electron chi connectivity index (χ1n) is 8.52. The molecule has 0 spiro atoms. The third kappa shape index (κ3) is 2.36. The maximum atomic E-state index is 13.0. The minimum Gasteiger partial charge on any atom is -0.428 e. The summed E-state index contributed by atoms with van der Waals surface area (Å²) in [7, 11) is 0. The summed E-state index contributed by atoms with van der Waals surface area (Å²) in [6, 6.07) is 21.0. The van der Waals surface area contributed by atoms with Gasteiger partial charge in [0.15, 0.2) is 5.78 Å². The van der Waals surface area contributed by atoms with Crippen LogP contribution in [0.4, 0.5) is 0 Å². The average Bonchev–Trinajstić information content (AvgIpc) is 2.89. The summed E-state index contributed by atoms with van der Waals surface area (Å²) in [4.78, 5) is 23.7. The highest BCUT2D eigenvalue weighted by atomic mass is 16.5. The molecule has 0 saturated carbocycles. The second-order valence-electron chi connectivity index (χ2n) is 6.97. The van der Waals surface area contributed by atoms with Gasteiger partial charge in [-0.15, -0.1) is 0 Å². The van der Waals surface area contributed by atoms with Gasteiger partial charge in [-0.25, -0.2) is 0 Å². The van der Waals surface area contributed by atoms with Crippen molar-refractivity contribution < 1.29 is 14.3 Å². The third-order valence-electron chi connectivity index (χ3n) is 5.15. The zero-order chi connectivity index (χ0) is 18.3. The molecule has 3 heteroatoms. The number of ether oxygens (including phenoxy) is 1. The van der Waals surface area contributed by atoms with E-state index in [2.05, 4.69) is 26.0 Å². The van der Waals surface area contributed by atoms with Gasteiger partial charge in [-0.1, -0.05) is 62.4 Å². The predicted molar refractivity (Wildman–Crippen MR) is 101 cm³/mol. The molecule has 1 aliphatic rings. The normalized spacial score (nSPS) is 13.6. The summed E-state index contributed by atoms with van der Waals surface area (Å²) in [5.41, 5.74) is 5.60. The molecule has 0 saturated heterocycles. The van der Waals surface area contributed by atoms with Crippen molar-refractivity contribution in [3.63, 3.8) is 0 Å². The molecule has 0 atom stereocenters. The molecular weight excluding hydrogens is 324 g/mol. The minimum absolute atomic E-state index is 0.156. The van der Waals surface area contributed by atoms with Crippen LogP contribution in [0.1, 0.15) is 40.9 Å². The predicted octanol–water partition coefficient (Wildman–Crippen LogP) is 4.76. The van der Waals surface area contributed by atoms with Crippen LogP contribution < -0.4 is 4.74 Å². The maximum absolute atomic E-state index is 13.0. The summed E-state index contributed by atoms with van der Waals surface area (Å²) in [6.45, 7) is 4.69. The van der Waals surface area contributed by atoms with Crippen molar-refractivity contribution in [1.29, 1.82) is 0 Å². The molecule has 0 fully saturated rings. The minimum atomic E-state index is -0.166. The first kappa shape index (κ1) is 16.3. The maximum Gasteiger partial charge on any atom is 0.298 e. The Labute approximate surface area is 152 Å². The molecule has 0 bridgehead atoms. The second-order valence-corrected chi connectivity index (χ2v) is 6.97. The summed E-state index contributed by atoms with van der Waals surface area (Å²) in [5.74, 6) is 0.118. The van der Waals surface area contributed by atoms with Gasteiger partial charge in [-0.3, -0.25) is 9.59 Å². The molecule has 4 rings (SSSR count). The Hall–Kier alpha value is -3.20. The zero-order valence-electron chi connectivity index (χ0n) is 14.7. The standard InChI is InChI=1S/C23H18O3/c1-23(2)19-9-5-3-7-16(19)17-12-11-15(13-20(17)23)22(25)18-8-4-6-10-21(18)26-14-24/h3-14H,1-2H3. The van der Waals surface area contributed by atoms with Gasteiger partial charge in [0.1, 0.15) is 5.75 Å². The molecule has 26 heavy (non-hydrogen) atoms. The number of para-hydroxylation sites is 1. The molecule has 3 nitrogen and oxygen atoms in total. The van der Waals surface area contributed by atoms with E-state index in [9.17, 15) is 9.59 Å². The fraction of sp³-hybridized carbons (Fsp3) is 0.130. The Morgan fingerprint density at radius 3 is 2.38 bits per heavy atom. The molecule has 1 aliphatic carbocycles. The Morgan fingerprint density at radius 1 is 0.885 bits per heavy atom. The van der Waals surface area contributed by atoms with Crippen molar-refractivity contribution >= 4 is 12.3 Å². The van der Waals surface area contributed by atoms with Crippen LogP contribution >= 0.6 is 0 Å². The molecule has 0 unspecified atom stereocenters. The molecule has 0 amide bonds. The lowest BCUT2D eigenvalue weighted by molar-refractivity contribution is -0.120. The van der Waals surface area contributed by atoms with Gasteiger partial charge in [-0.2, -0.15) is 0 Å². The van der Waals surface area contributed by atoms with Gasteiger partial charge < -0.3 is 4.74 Å². The lowest BCUT2D eigenvalue weighted by Gasteiger charge is -2.21. The van der Waals surface area contributed by atoms with Crippen molar-refractivity contribution in [1.82, 2.24) is 0 Å². The van der Waals surface area contributed by atoms with E-state index in [0.29, 0.717) is 17.6 Å². The van der Waals surface area contributed by atoms with Crippen LogP contribution in [0.25, 0.3) is 11.1 Å². The van der Waals surface area contributed by atoms with Gasteiger partial charge in [0.2, 0.25) is 0 Å². The van der Waals surface area contributed by atoms with E-state index >= 15 is 0 Å². The summed E-state index contributed by atoms with van der Waals surface area (Å²) in [5, 5.41) is 0. The number of fused-ring (bicyclic) bond motifs is 3. The Morgan fingerprint density at radius 2 is 1.58 bits per heavy atom. The highest BCUT2D eigenvalue weighted by molar-refractivity contribution is 6.11. The van der Waals surface area contributed by atoms with Crippen molar-refractivity contribution in [3.8, 4) is 16.9 Å². The molecular formula is C23H18O3. The van der Waals surface area contributed by atoms with Gasteiger partial charge >= 0.3 is 0 Å². The SMILES string of the molecule is CC1(C)c2ccccc2-c2ccc(C(=O)c3ccccc3OC=O)cc21. The highest BCUT2D eigenvalue weighted by Gasteiger charge is 2.35.